The monoisotopic (exact) mass is 374 g/mol. The summed E-state index contributed by atoms with van der Waals surface area (Å²) in [7, 11) is 0. The van der Waals surface area contributed by atoms with E-state index in [-0.39, 0.29) is 0 Å². The molecule has 0 aromatic rings. The van der Waals surface area contributed by atoms with Gasteiger partial charge in [-0.1, -0.05) is 0 Å². The van der Waals surface area contributed by atoms with Crippen LogP contribution < -0.4 is 0 Å². The summed E-state index contributed by atoms with van der Waals surface area (Å²) in [6, 6.07) is 0. The molecule has 0 radical (unpaired) electrons. The molecule has 0 N–H and O–H groups in total. The second kappa shape index (κ2) is 15.5. The number of hydrogen-bond donors (Lipinski definition) is 0. The van der Waals surface area contributed by atoms with Gasteiger partial charge in [-0.05, 0) is 0 Å². The van der Waals surface area contributed by atoms with Gasteiger partial charge >= 0.3 is 138 Å². The van der Waals surface area contributed by atoms with Crippen LogP contribution in [0.5, 0.6) is 0 Å². The van der Waals surface area contributed by atoms with Crippen molar-refractivity contribution in [2.24, 2.45) is 0 Å². The first kappa shape index (κ1) is 20.1. The topological polar surface area (TPSA) is 0 Å². The molecular formula is C16H32Cl2Se. The van der Waals surface area contributed by atoms with Crippen LogP contribution in [0.2, 0.25) is 10.6 Å². The van der Waals surface area contributed by atoms with Crippen molar-refractivity contribution in [2.75, 3.05) is 0 Å². The SMILES string of the molecule is CCCCCCC(Cl)C[Se]CC(Cl)CCCCCC. The summed E-state index contributed by atoms with van der Waals surface area (Å²) < 4.78 is 0. The summed E-state index contributed by atoms with van der Waals surface area (Å²) in [6.45, 7) is 4.50. The van der Waals surface area contributed by atoms with Gasteiger partial charge in [0.1, 0.15) is 0 Å². The molecule has 0 aliphatic rings. The minimum absolute atomic E-state index is 0.404. The van der Waals surface area contributed by atoms with Gasteiger partial charge in [0.25, 0.3) is 0 Å². The minimum atomic E-state index is 0.404. The Balaban J connectivity index is 3.30. The molecular weight excluding hydrogens is 342 g/mol. The molecule has 0 aromatic heterocycles. The van der Waals surface area contributed by atoms with Crippen molar-refractivity contribution in [1.29, 1.82) is 0 Å². The standard InChI is InChI=1S/C16H32Cl2Se/c1-3-5-7-9-11-15(17)13-19-14-16(18)12-10-8-6-4-2/h15-16H,3-14H2,1-2H3. The molecule has 116 valence electrons. The second-order valence-electron chi connectivity index (χ2n) is 5.43. The van der Waals surface area contributed by atoms with Gasteiger partial charge in [0.2, 0.25) is 0 Å². The zero-order chi connectivity index (χ0) is 14.3. The van der Waals surface area contributed by atoms with Gasteiger partial charge in [0.05, 0.1) is 0 Å². The van der Waals surface area contributed by atoms with Gasteiger partial charge in [-0.15, -0.1) is 0 Å². The first-order chi connectivity index (χ1) is 9.20. The van der Waals surface area contributed by atoms with Crippen molar-refractivity contribution in [1.82, 2.24) is 0 Å². The predicted molar refractivity (Wildman–Crippen MR) is 92.2 cm³/mol. The third-order valence-electron chi connectivity index (χ3n) is 3.34. The van der Waals surface area contributed by atoms with Crippen molar-refractivity contribution in [2.45, 2.75) is 99.4 Å². The van der Waals surface area contributed by atoms with Crippen LogP contribution in [0.25, 0.3) is 0 Å². The van der Waals surface area contributed by atoms with Crippen LogP contribution in [0, 0.1) is 0 Å². The third kappa shape index (κ3) is 15.3. The van der Waals surface area contributed by atoms with Crippen LogP contribution in [-0.2, 0) is 0 Å². The molecule has 0 saturated heterocycles. The number of hydrogen-bond acceptors (Lipinski definition) is 0. The van der Waals surface area contributed by atoms with E-state index in [1.54, 1.807) is 0 Å². The molecule has 2 unspecified atom stereocenters. The molecule has 0 aliphatic heterocycles. The molecule has 0 amide bonds. The van der Waals surface area contributed by atoms with Crippen LogP contribution in [0.3, 0.4) is 0 Å². The summed E-state index contributed by atoms with van der Waals surface area (Å²) in [5, 5.41) is 3.22. The van der Waals surface area contributed by atoms with Gasteiger partial charge in [-0.3, -0.25) is 0 Å². The normalized spacial score (nSPS) is 14.5. The average molecular weight is 374 g/mol. The molecule has 0 spiro atoms. The van der Waals surface area contributed by atoms with E-state index in [1.165, 1.54) is 74.8 Å². The summed E-state index contributed by atoms with van der Waals surface area (Å²) in [4.78, 5) is 0. The van der Waals surface area contributed by atoms with Gasteiger partial charge in [-0.2, -0.15) is 0 Å². The first-order valence-corrected chi connectivity index (χ1v) is 11.4. The number of halogens is 2. The number of alkyl halides is 2. The Labute approximate surface area is 137 Å². The summed E-state index contributed by atoms with van der Waals surface area (Å²) in [6.07, 6.45) is 13.0. The van der Waals surface area contributed by atoms with E-state index in [0.29, 0.717) is 25.7 Å². The molecule has 0 fully saturated rings. The predicted octanol–water partition coefficient (Wildman–Crippen LogP) is 6.68. The van der Waals surface area contributed by atoms with Crippen LogP contribution in [0.15, 0.2) is 0 Å². The third-order valence-corrected chi connectivity index (χ3v) is 7.59. The molecule has 0 aliphatic carbocycles. The zero-order valence-electron chi connectivity index (χ0n) is 12.8. The van der Waals surface area contributed by atoms with Crippen molar-refractivity contribution in [3.8, 4) is 0 Å². The molecule has 0 heterocycles. The fourth-order valence-corrected chi connectivity index (χ4v) is 5.37. The quantitative estimate of drug-likeness (QED) is 0.181. The van der Waals surface area contributed by atoms with Gasteiger partial charge in [0, 0.05) is 0 Å². The van der Waals surface area contributed by atoms with E-state index in [1.807, 2.05) is 0 Å². The van der Waals surface area contributed by atoms with E-state index >= 15 is 0 Å². The van der Waals surface area contributed by atoms with Crippen molar-refractivity contribution < 1.29 is 0 Å². The molecule has 0 bridgehead atoms. The zero-order valence-corrected chi connectivity index (χ0v) is 16.0. The Morgan fingerprint density at radius 2 is 1.11 bits per heavy atom. The Hall–Kier alpha value is 1.10. The molecule has 3 heteroatoms. The first-order valence-electron chi connectivity index (χ1n) is 8.06. The van der Waals surface area contributed by atoms with Crippen molar-refractivity contribution in [3.63, 3.8) is 0 Å². The fraction of sp³-hybridized carbons (Fsp3) is 1.00. The Morgan fingerprint density at radius 3 is 1.47 bits per heavy atom. The Bertz CT molecular complexity index is 158. The van der Waals surface area contributed by atoms with Crippen LogP contribution in [0.4, 0.5) is 0 Å². The van der Waals surface area contributed by atoms with Crippen molar-refractivity contribution >= 4 is 38.2 Å². The van der Waals surface area contributed by atoms with Crippen LogP contribution >= 0.6 is 23.2 Å². The Kier molecular flexibility index (Phi) is 16.4. The molecule has 2 atom stereocenters. The van der Waals surface area contributed by atoms with Gasteiger partial charge in [0.15, 0.2) is 0 Å². The van der Waals surface area contributed by atoms with Crippen molar-refractivity contribution in [3.05, 3.63) is 0 Å². The van der Waals surface area contributed by atoms with Crippen LogP contribution in [0.1, 0.15) is 78.1 Å². The number of rotatable bonds is 14. The van der Waals surface area contributed by atoms with E-state index in [4.69, 9.17) is 23.2 Å². The summed E-state index contributed by atoms with van der Waals surface area (Å²) in [5.41, 5.74) is 0. The molecule has 0 nitrogen and oxygen atoms in total. The van der Waals surface area contributed by atoms with Gasteiger partial charge < -0.3 is 0 Å². The Morgan fingerprint density at radius 1 is 0.684 bits per heavy atom. The number of unbranched alkanes of at least 4 members (excludes halogenated alkanes) is 6. The molecule has 0 rings (SSSR count). The maximum atomic E-state index is 6.36. The average Bonchev–Trinajstić information content (AvgIpc) is 2.40. The van der Waals surface area contributed by atoms with E-state index in [0.717, 1.165) is 0 Å². The fourth-order valence-electron chi connectivity index (χ4n) is 2.08. The second-order valence-corrected chi connectivity index (χ2v) is 8.92. The molecule has 19 heavy (non-hydrogen) atoms. The summed E-state index contributed by atoms with van der Waals surface area (Å²) in [5.74, 6) is 0. The summed E-state index contributed by atoms with van der Waals surface area (Å²) >= 11 is 13.4. The van der Waals surface area contributed by atoms with E-state index in [2.05, 4.69) is 13.8 Å². The van der Waals surface area contributed by atoms with Crippen LogP contribution in [-0.4, -0.2) is 25.7 Å². The molecule has 0 saturated carbocycles. The van der Waals surface area contributed by atoms with Gasteiger partial charge in [-0.25, -0.2) is 0 Å². The maximum absolute atomic E-state index is 6.36. The molecule has 0 aromatic carbocycles. The van der Waals surface area contributed by atoms with E-state index < -0.39 is 0 Å². The van der Waals surface area contributed by atoms with E-state index in [9.17, 15) is 0 Å².